The second-order valence-electron chi connectivity index (χ2n) is 6.05. The summed E-state index contributed by atoms with van der Waals surface area (Å²) >= 11 is 0. The Balaban J connectivity index is 1.44. The van der Waals surface area contributed by atoms with Crippen LogP contribution in [0.15, 0.2) is 0 Å². The molecule has 1 N–H and O–H groups in total. The molecule has 2 saturated heterocycles. The quantitative estimate of drug-likeness (QED) is 0.789. The molecular formula is C14H26N2. The smallest absolute Gasteiger partial charge is 0.0250 e. The largest absolute Gasteiger partial charge is 0.312 e. The number of nitrogens with one attached hydrogen (secondary N) is 1. The fraction of sp³-hybridized carbons (Fsp3) is 1.00. The van der Waals surface area contributed by atoms with Crippen LogP contribution in [0.4, 0.5) is 0 Å². The van der Waals surface area contributed by atoms with Crippen molar-refractivity contribution in [3.63, 3.8) is 0 Å². The average molecular weight is 222 g/mol. The number of nitrogens with zero attached hydrogens (tertiary/aromatic N) is 1. The molecule has 0 amide bonds. The number of rotatable bonds is 3. The lowest BCUT2D eigenvalue weighted by Gasteiger charge is -2.26. The molecular weight excluding hydrogens is 196 g/mol. The predicted molar refractivity (Wildman–Crippen MR) is 67.6 cm³/mol. The van der Waals surface area contributed by atoms with E-state index in [0.29, 0.717) is 0 Å². The van der Waals surface area contributed by atoms with E-state index in [1.165, 1.54) is 71.0 Å². The molecule has 1 saturated carbocycles. The SMILES string of the molecule is C1CCC(CNC2CCN3CCCC23)CC1. The van der Waals surface area contributed by atoms with Crippen LogP contribution in [0.25, 0.3) is 0 Å². The topological polar surface area (TPSA) is 15.3 Å². The van der Waals surface area contributed by atoms with E-state index in [1.54, 1.807) is 0 Å². The van der Waals surface area contributed by atoms with Gasteiger partial charge in [0.15, 0.2) is 0 Å². The van der Waals surface area contributed by atoms with Gasteiger partial charge in [-0.05, 0) is 51.1 Å². The third-order valence-electron chi connectivity index (χ3n) is 5.00. The molecule has 1 aliphatic carbocycles. The third kappa shape index (κ3) is 2.28. The minimum atomic E-state index is 0.824. The highest BCUT2D eigenvalue weighted by Crippen LogP contribution is 2.29. The van der Waals surface area contributed by atoms with Crippen LogP contribution in [0.1, 0.15) is 51.4 Å². The molecule has 2 aliphatic heterocycles. The van der Waals surface area contributed by atoms with Gasteiger partial charge in [-0.1, -0.05) is 19.3 Å². The van der Waals surface area contributed by atoms with Crippen LogP contribution < -0.4 is 5.32 Å². The van der Waals surface area contributed by atoms with Crippen molar-refractivity contribution in [2.75, 3.05) is 19.6 Å². The van der Waals surface area contributed by atoms with Gasteiger partial charge in [0, 0.05) is 18.6 Å². The van der Waals surface area contributed by atoms with Crippen LogP contribution in [0.5, 0.6) is 0 Å². The molecule has 2 unspecified atom stereocenters. The maximum absolute atomic E-state index is 3.88. The van der Waals surface area contributed by atoms with Gasteiger partial charge in [-0.3, -0.25) is 4.90 Å². The normalized spacial score (nSPS) is 36.8. The molecule has 0 aromatic rings. The molecule has 16 heavy (non-hydrogen) atoms. The fourth-order valence-electron chi connectivity index (χ4n) is 4.03. The minimum absolute atomic E-state index is 0.824. The summed E-state index contributed by atoms with van der Waals surface area (Å²) in [5.41, 5.74) is 0. The Morgan fingerprint density at radius 2 is 1.75 bits per heavy atom. The lowest BCUT2D eigenvalue weighted by atomic mass is 9.89. The highest BCUT2D eigenvalue weighted by atomic mass is 15.2. The zero-order chi connectivity index (χ0) is 10.8. The molecule has 2 nitrogen and oxygen atoms in total. The van der Waals surface area contributed by atoms with Crippen molar-refractivity contribution in [2.24, 2.45) is 5.92 Å². The van der Waals surface area contributed by atoms with Crippen molar-refractivity contribution in [1.29, 1.82) is 0 Å². The molecule has 3 fully saturated rings. The van der Waals surface area contributed by atoms with Crippen molar-refractivity contribution >= 4 is 0 Å². The zero-order valence-corrected chi connectivity index (χ0v) is 10.5. The van der Waals surface area contributed by atoms with Crippen LogP contribution >= 0.6 is 0 Å². The Morgan fingerprint density at radius 1 is 0.875 bits per heavy atom. The molecule has 3 aliphatic rings. The second kappa shape index (κ2) is 5.05. The van der Waals surface area contributed by atoms with Crippen molar-refractivity contribution in [3.05, 3.63) is 0 Å². The third-order valence-corrected chi connectivity index (χ3v) is 5.00. The summed E-state index contributed by atoms with van der Waals surface area (Å²) in [6.07, 6.45) is 11.7. The van der Waals surface area contributed by atoms with Gasteiger partial charge in [0.25, 0.3) is 0 Å². The second-order valence-corrected chi connectivity index (χ2v) is 6.05. The molecule has 2 heterocycles. The molecule has 0 aromatic carbocycles. The first-order valence-electron chi connectivity index (χ1n) is 7.41. The van der Waals surface area contributed by atoms with Crippen LogP contribution in [-0.2, 0) is 0 Å². The molecule has 2 atom stereocenters. The van der Waals surface area contributed by atoms with E-state index in [-0.39, 0.29) is 0 Å². The zero-order valence-electron chi connectivity index (χ0n) is 10.5. The van der Waals surface area contributed by atoms with Crippen LogP contribution in [0, 0.1) is 5.92 Å². The summed E-state index contributed by atoms with van der Waals surface area (Å²) in [4.78, 5) is 2.71. The first-order chi connectivity index (χ1) is 7.93. The molecule has 92 valence electrons. The lowest BCUT2D eigenvalue weighted by Crippen LogP contribution is -2.41. The highest BCUT2D eigenvalue weighted by Gasteiger charge is 2.36. The van der Waals surface area contributed by atoms with E-state index in [1.807, 2.05) is 0 Å². The molecule has 0 radical (unpaired) electrons. The summed E-state index contributed by atoms with van der Waals surface area (Å²) < 4.78 is 0. The van der Waals surface area contributed by atoms with Gasteiger partial charge in [0.05, 0.1) is 0 Å². The molecule has 0 spiro atoms. The molecule has 2 heteroatoms. The van der Waals surface area contributed by atoms with E-state index in [4.69, 9.17) is 0 Å². The van der Waals surface area contributed by atoms with E-state index >= 15 is 0 Å². The van der Waals surface area contributed by atoms with Crippen molar-refractivity contribution in [2.45, 2.75) is 63.5 Å². The Morgan fingerprint density at radius 3 is 2.62 bits per heavy atom. The molecule has 0 aromatic heterocycles. The summed E-state index contributed by atoms with van der Waals surface area (Å²) in [5, 5.41) is 3.88. The van der Waals surface area contributed by atoms with Crippen molar-refractivity contribution < 1.29 is 0 Å². The lowest BCUT2D eigenvalue weighted by molar-refractivity contribution is 0.279. The van der Waals surface area contributed by atoms with Crippen molar-refractivity contribution in [1.82, 2.24) is 10.2 Å². The van der Waals surface area contributed by atoms with E-state index in [2.05, 4.69) is 10.2 Å². The van der Waals surface area contributed by atoms with Gasteiger partial charge >= 0.3 is 0 Å². The van der Waals surface area contributed by atoms with Gasteiger partial charge in [-0.15, -0.1) is 0 Å². The van der Waals surface area contributed by atoms with E-state index in [9.17, 15) is 0 Å². The summed E-state index contributed by atoms with van der Waals surface area (Å²) in [7, 11) is 0. The van der Waals surface area contributed by atoms with Gasteiger partial charge < -0.3 is 5.32 Å². The maximum Gasteiger partial charge on any atom is 0.0250 e. The Labute approximate surface area is 99.8 Å². The first kappa shape index (κ1) is 11.0. The summed E-state index contributed by atoms with van der Waals surface area (Å²) in [5.74, 6) is 0.990. The molecule has 3 rings (SSSR count). The van der Waals surface area contributed by atoms with Crippen LogP contribution in [0.3, 0.4) is 0 Å². The first-order valence-corrected chi connectivity index (χ1v) is 7.41. The van der Waals surface area contributed by atoms with Crippen molar-refractivity contribution in [3.8, 4) is 0 Å². The Bertz CT molecular complexity index is 223. The number of fused-ring (bicyclic) bond motifs is 1. The van der Waals surface area contributed by atoms with Gasteiger partial charge in [-0.25, -0.2) is 0 Å². The number of hydrogen-bond acceptors (Lipinski definition) is 2. The minimum Gasteiger partial charge on any atom is -0.312 e. The van der Waals surface area contributed by atoms with E-state index < -0.39 is 0 Å². The monoisotopic (exact) mass is 222 g/mol. The van der Waals surface area contributed by atoms with Gasteiger partial charge in [0.1, 0.15) is 0 Å². The summed E-state index contributed by atoms with van der Waals surface area (Å²) in [6.45, 7) is 4.02. The fourth-order valence-corrected chi connectivity index (χ4v) is 4.03. The maximum atomic E-state index is 3.88. The average Bonchev–Trinajstić information content (AvgIpc) is 2.90. The van der Waals surface area contributed by atoms with Crippen LogP contribution in [0.2, 0.25) is 0 Å². The Kier molecular flexibility index (Phi) is 3.49. The van der Waals surface area contributed by atoms with Gasteiger partial charge in [0.2, 0.25) is 0 Å². The highest BCUT2D eigenvalue weighted by molar-refractivity contribution is 4.95. The van der Waals surface area contributed by atoms with Crippen LogP contribution in [-0.4, -0.2) is 36.6 Å². The van der Waals surface area contributed by atoms with E-state index in [0.717, 1.165) is 18.0 Å². The molecule has 0 bridgehead atoms. The summed E-state index contributed by atoms with van der Waals surface area (Å²) in [6, 6.07) is 1.72. The number of hydrogen-bond donors (Lipinski definition) is 1. The standard InChI is InChI=1S/C14H26N2/c1-2-5-12(6-3-1)11-15-13-8-10-16-9-4-7-14(13)16/h12-15H,1-11H2. The van der Waals surface area contributed by atoms with Gasteiger partial charge in [-0.2, -0.15) is 0 Å². The predicted octanol–water partition coefficient (Wildman–Crippen LogP) is 2.39. The Hall–Kier alpha value is -0.0800.